The molecule has 1 rings (SSSR count). The topological polar surface area (TPSA) is 54.2 Å². The molecule has 0 aliphatic heterocycles. The summed E-state index contributed by atoms with van der Waals surface area (Å²) in [4.78, 5) is 6.71. The van der Waals surface area contributed by atoms with E-state index in [1.54, 1.807) is 6.20 Å². The minimum absolute atomic E-state index is 0.719. The molecule has 0 spiro atoms. The molecule has 0 aliphatic carbocycles. The Balaban J connectivity index is 2.31. The number of nitrogens with one attached hydrogen (secondary N) is 1. The average molecular weight is 236 g/mol. The molecule has 4 nitrogen and oxygen atoms in total. The fourth-order valence-corrected chi connectivity index (χ4v) is 1.83. The molecule has 0 aromatic carbocycles. The van der Waals surface area contributed by atoms with Crippen molar-refractivity contribution in [1.29, 1.82) is 0 Å². The highest BCUT2D eigenvalue weighted by molar-refractivity contribution is 5.50. The minimum Gasteiger partial charge on any atom is -0.397 e. The maximum atomic E-state index is 5.66. The van der Waals surface area contributed by atoms with Crippen LogP contribution in [0.15, 0.2) is 12.3 Å². The molecule has 3 N–H and O–H groups in total. The monoisotopic (exact) mass is 236 g/mol. The van der Waals surface area contributed by atoms with Crippen LogP contribution in [0, 0.1) is 6.92 Å². The van der Waals surface area contributed by atoms with E-state index in [-0.39, 0.29) is 0 Å². The van der Waals surface area contributed by atoms with Crippen LogP contribution in [0.1, 0.15) is 25.8 Å². The van der Waals surface area contributed by atoms with Gasteiger partial charge in [-0.2, -0.15) is 0 Å². The summed E-state index contributed by atoms with van der Waals surface area (Å²) in [5.74, 6) is 0.943. The van der Waals surface area contributed by atoms with Crippen LogP contribution in [0.4, 0.5) is 11.5 Å². The van der Waals surface area contributed by atoms with Gasteiger partial charge in [0.05, 0.1) is 11.9 Å². The molecule has 0 saturated heterocycles. The Morgan fingerprint density at radius 1 is 1.35 bits per heavy atom. The van der Waals surface area contributed by atoms with Gasteiger partial charge in [0.15, 0.2) is 0 Å². The van der Waals surface area contributed by atoms with Crippen LogP contribution in [-0.4, -0.2) is 36.1 Å². The van der Waals surface area contributed by atoms with Crippen molar-refractivity contribution in [3.8, 4) is 0 Å². The van der Waals surface area contributed by atoms with Gasteiger partial charge < -0.3 is 16.0 Å². The zero-order valence-corrected chi connectivity index (χ0v) is 11.2. The number of hydrogen-bond donors (Lipinski definition) is 2. The first-order valence-corrected chi connectivity index (χ1v) is 6.35. The highest BCUT2D eigenvalue weighted by atomic mass is 15.1. The molecule has 0 aliphatic rings. The second-order valence-electron chi connectivity index (χ2n) is 4.24. The Morgan fingerprint density at radius 2 is 2.06 bits per heavy atom. The van der Waals surface area contributed by atoms with Crippen molar-refractivity contribution in [2.75, 3.05) is 37.2 Å². The summed E-state index contributed by atoms with van der Waals surface area (Å²) in [6, 6.07) is 1.94. The van der Waals surface area contributed by atoms with Gasteiger partial charge in [-0.25, -0.2) is 4.98 Å². The summed E-state index contributed by atoms with van der Waals surface area (Å²) >= 11 is 0. The van der Waals surface area contributed by atoms with Crippen molar-refractivity contribution < 1.29 is 0 Å². The molecule has 0 amide bonds. The summed E-state index contributed by atoms with van der Waals surface area (Å²) in [6.45, 7) is 10.7. The van der Waals surface area contributed by atoms with Gasteiger partial charge in [-0.15, -0.1) is 0 Å². The molecule has 4 heteroatoms. The molecule has 1 aromatic heterocycles. The van der Waals surface area contributed by atoms with Gasteiger partial charge in [0.1, 0.15) is 5.82 Å². The van der Waals surface area contributed by atoms with Crippen LogP contribution in [0.2, 0.25) is 0 Å². The second-order valence-corrected chi connectivity index (χ2v) is 4.24. The molecule has 17 heavy (non-hydrogen) atoms. The lowest BCUT2D eigenvalue weighted by molar-refractivity contribution is 0.303. The number of nitrogen functional groups attached to an aromatic ring is 1. The number of nitrogens with two attached hydrogens (primary N) is 1. The first kappa shape index (κ1) is 13.8. The maximum Gasteiger partial charge on any atom is 0.128 e. The summed E-state index contributed by atoms with van der Waals surface area (Å²) in [7, 11) is 0. The van der Waals surface area contributed by atoms with E-state index in [1.807, 2.05) is 13.0 Å². The molecule has 0 unspecified atom stereocenters. The third-order valence-electron chi connectivity index (χ3n) is 2.94. The van der Waals surface area contributed by atoms with E-state index in [2.05, 4.69) is 29.0 Å². The number of aromatic nitrogens is 1. The van der Waals surface area contributed by atoms with Gasteiger partial charge in [-0.05, 0) is 44.6 Å². The van der Waals surface area contributed by atoms with Crippen molar-refractivity contribution in [3.05, 3.63) is 17.8 Å². The molecule has 0 fully saturated rings. The quantitative estimate of drug-likeness (QED) is 0.712. The standard InChI is InChI=1S/C13H24N4/c1-4-17(5-2)8-6-7-15-13-11(3)9-12(14)10-16-13/h9-10H,4-8,14H2,1-3H3,(H,15,16). The first-order valence-electron chi connectivity index (χ1n) is 6.35. The van der Waals surface area contributed by atoms with Gasteiger partial charge in [0.25, 0.3) is 0 Å². The fraction of sp³-hybridized carbons (Fsp3) is 0.615. The molecule has 0 radical (unpaired) electrons. The van der Waals surface area contributed by atoms with Gasteiger partial charge >= 0.3 is 0 Å². The lowest BCUT2D eigenvalue weighted by Crippen LogP contribution is -2.25. The Bertz CT molecular complexity index is 334. The predicted molar refractivity (Wildman–Crippen MR) is 74.3 cm³/mol. The Kier molecular flexibility index (Phi) is 5.77. The molecule has 0 saturated carbocycles. The van der Waals surface area contributed by atoms with Gasteiger partial charge in [-0.1, -0.05) is 13.8 Å². The zero-order chi connectivity index (χ0) is 12.7. The van der Waals surface area contributed by atoms with E-state index < -0.39 is 0 Å². The van der Waals surface area contributed by atoms with Crippen molar-refractivity contribution in [3.63, 3.8) is 0 Å². The van der Waals surface area contributed by atoms with Crippen LogP contribution >= 0.6 is 0 Å². The molecule has 96 valence electrons. The van der Waals surface area contributed by atoms with Gasteiger partial charge in [0, 0.05) is 6.54 Å². The largest absolute Gasteiger partial charge is 0.397 e. The van der Waals surface area contributed by atoms with Crippen LogP contribution in [0.3, 0.4) is 0 Å². The highest BCUT2D eigenvalue weighted by Gasteiger charge is 2.01. The van der Waals surface area contributed by atoms with E-state index in [1.165, 1.54) is 0 Å². The van der Waals surface area contributed by atoms with E-state index in [0.29, 0.717) is 0 Å². The van der Waals surface area contributed by atoms with Crippen molar-refractivity contribution in [2.45, 2.75) is 27.2 Å². The van der Waals surface area contributed by atoms with Crippen LogP contribution in [0.5, 0.6) is 0 Å². The van der Waals surface area contributed by atoms with E-state index in [4.69, 9.17) is 5.73 Å². The first-order chi connectivity index (χ1) is 8.17. The zero-order valence-electron chi connectivity index (χ0n) is 11.2. The number of hydrogen-bond acceptors (Lipinski definition) is 4. The molecule has 1 heterocycles. The van der Waals surface area contributed by atoms with E-state index >= 15 is 0 Å². The lowest BCUT2D eigenvalue weighted by atomic mass is 10.2. The van der Waals surface area contributed by atoms with Gasteiger partial charge in [0.2, 0.25) is 0 Å². The second kappa shape index (κ2) is 7.12. The minimum atomic E-state index is 0.719. The van der Waals surface area contributed by atoms with Crippen molar-refractivity contribution in [1.82, 2.24) is 9.88 Å². The Hall–Kier alpha value is -1.29. The maximum absolute atomic E-state index is 5.66. The normalized spacial score (nSPS) is 10.8. The average Bonchev–Trinajstić information content (AvgIpc) is 2.32. The Labute approximate surface area is 104 Å². The molecule has 0 atom stereocenters. The molecule has 1 aromatic rings. The smallest absolute Gasteiger partial charge is 0.128 e. The lowest BCUT2D eigenvalue weighted by Gasteiger charge is -2.18. The van der Waals surface area contributed by atoms with E-state index in [0.717, 1.165) is 49.7 Å². The summed E-state index contributed by atoms with van der Waals surface area (Å²) in [5.41, 5.74) is 7.48. The number of anilines is 2. The summed E-state index contributed by atoms with van der Waals surface area (Å²) in [5, 5.41) is 3.35. The van der Waals surface area contributed by atoms with Crippen LogP contribution in [-0.2, 0) is 0 Å². The third-order valence-corrected chi connectivity index (χ3v) is 2.94. The molecular weight excluding hydrogens is 212 g/mol. The fourth-order valence-electron chi connectivity index (χ4n) is 1.83. The number of pyridine rings is 1. The third kappa shape index (κ3) is 4.61. The van der Waals surface area contributed by atoms with Crippen LogP contribution in [0.25, 0.3) is 0 Å². The van der Waals surface area contributed by atoms with Crippen molar-refractivity contribution >= 4 is 11.5 Å². The van der Waals surface area contributed by atoms with Crippen molar-refractivity contribution in [2.24, 2.45) is 0 Å². The van der Waals surface area contributed by atoms with E-state index in [9.17, 15) is 0 Å². The summed E-state index contributed by atoms with van der Waals surface area (Å²) < 4.78 is 0. The highest BCUT2D eigenvalue weighted by Crippen LogP contribution is 2.13. The Morgan fingerprint density at radius 3 is 2.65 bits per heavy atom. The number of nitrogens with zero attached hydrogens (tertiary/aromatic N) is 2. The number of rotatable bonds is 7. The number of aryl methyl sites for hydroxylation is 1. The summed E-state index contributed by atoms with van der Waals surface area (Å²) in [6.07, 6.45) is 2.83. The van der Waals surface area contributed by atoms with Crippen LogP contribution < -0.4 is 11.1 Å². The van der Waals surface area contributed by atoms with Gasteiger partial charge in [-0.3, -0.25) is 0 Å². The SMILES string of the molecule is CCN(CC)CCCNc1ncc(N)cc1C. The molecule has 0 bridgehead atoms. The predicted octanol–water partition coefficient (Wildman–Crippen LogP) is 2.12. The molecular formula is C13H24N4.